The van der Waals surface area contributed by atoms with Crippen molar-refractivity contribution in [3.05, 3.63) is 90.6 Å². The average Bonchev–Trinajstić information content (AvgIpc) is 4.16. The van der Waals surface area contributed by atoms with Gasteiger partial charge in [0.15, 0.2) is 23.3 Å². The first kappa shape index (κ1) is 49.5. The number of methoxy groups -OCH3 is 2. The molecular formula is C38H40F6I2N4O10S2. The molecule has 8 N–H and O–H groups in total. The van der Waals surface area contributed by atoms with Crippen LogP contribution in [-0.4, -0.2) is 86.4 Å². The van der Waals surface area contributed by atoms with Crippen LogP contribution >= 0.6 is 45.2 Å². The maximum absolute atomic E-state index is 14.7. The summed E-state index contributed by atoms with van der Waals surface area (Å²) in [5.74, 6) is -7.69. The zero-order valence-electron chi connectivity index (χ0n) is 32.5. The Bertz CT molecular complexity index is 2370. The molecule has 62 heavy (non-hydrogen) atoms. The normalized spacial score (nSPS) is 16.0. The SMILES string of the molecule is COc1cc(F)c(F)c(Nc2ccc(I)cc2F)c1NS(=O)(=O)C1(C[C@H](O)CO)CC1.COc1cc(F)c(F)c(Nc2ccc(I)cc2F)c1NS(=O)(=O)C1(C[C@H](O)CO)CC1. The molecule has 4 aromatic carbocycles. The third-order valence-corrected chi connectivity index (χ3v) is 15.8. The Balaban J connectivity index is 0.000000234. The zero-order chi connectivity index (χ0) is 45.9. The number of hydrogen-bond acceptors (Lipinski definition) is 12. The first-order valence-electron chi connectivity index (χ1n) is 18.3. The van der Waals surface area contributed by atoms with Crippen molar-refractivity contribution in [2.45, 2.75) is 60.2 Å². The van der Waals surface area contributed by atoms with Crippen molar-refractivity contribution in [1.29, 1.82) is 0 Å². The van der Waals surface area contributed by atoms with Gasteiger partial charge in [0.2, 0.25) is 20.0 Å². The molecule has 2 fully saturated rings. The van der Waals surface area contributed by atoms with E-state index >= 15 is 0 Å². The van der Waals surface area contributed by atoms with Crippen molar-refractivity contribution >= 4 is 99.4 Å². The second kappa shape index (κ2) is 19.7. The van der Waals surface area contributed by atoms with E-state index in [1.807, 2.05) is 45.2 Å². The van der Waals surface area contributed by atoms with Gasteiger partial charge in [0, 0.05) is 19.3 Å². The van der Waals surface area contributed by atoms with Crippen LogP contribution in [0.1, 0.15) is 38.5 Å². The molecule has 0 saturated heterocycles. The Kier molecular flexibility index (Phi) is 15.7. The first-order valence-corrected chi connectivity index (χ1v) is 23.4. The Morgan fingerprint density at radius 3 is 1.21 bits per heavy atom. The summed E-state index contributed by atoms with van der Waals surface area (Å²) in [4.78, 5) is 0. The lowest BCUT2D eigenvalue weighted by Gasteiger charge is -2.23. The van der Waals surface area contributed by atoms with Gasteiger partial charge < -0.3 is 40.5 Å². The third-order valence-electron chi connectivity index (χ3n) is 10.1. The summed E-state index contributed by atoms with van der Waals surface area (Å²) < 4.78 is 151. The lowest BCUT2D eigenvalue weighted by atomic mass is 10.2. The molecule has 2 atom stereocenters. The van der Waals surface area contributed by atoms with E-state index in [-0.39, 0.29) is 61.4 Å². The molecule has 2 aliphatic rings. The van der Waals surface area contributed by atoms with Crippen molar-refractivity contribution in [1.82, 2.24) is 0 Å². The number of nitrogens with one attached hydrogen (secondary N) is 4. The highest BCUT2D eigenvalue weighted by Gasteiger charge is 2.57. The van der Waals surface area contributed by atoms with Crippen LogP contribution in [-0.2, 0) is 20.0 Å². The number of anilines is 6. The van der Waals surface area contributed by atoms with E-state index in [4.69, 9.17) is 19.7 Å². The molecule has 0 aromatic heterocycles. The van der Waals surface area contributed by atoms with Gasteiger partial charge in [-0.3, -0.25) is 9.44 Å². The smallest absolute Gasteiger partial charge is 0.238 e. The molecule has 2 saturated carbocycles. The molecule has 0 unspecified atom stereocenters. The van der Waals surface area contributed by atoms with Gasteiger partial charge in [0.1, 0.15) is 45.9 Å². The van der Waals surface area contributed by atoms with Crippen molar-refractivity contribution < 1.29 is 73.1 Å². The molecule has 340 valence electrons. The van der Waals surface area contributed by atoms with Gasteiger partial charge in [-0.15, -0.1) is 0 Å². The molecular weight excluding hydrogens is 1100 g/mol. The number of aliphatic hydroxyl groups excluding tert-OH is 4. The molecule has 0 bridgehead atoms. The number of aliphatic hydroxyl groups is 4. The van der Waals surface area contributed by atoms with Crippen LogP contribution in [0.3, 0.4) is 0 Å². The van der Waals surface area contributed by atoms with E-state index in [9.17, 15) is 53.4 Å². The fourth-order valence-electron chi connectivity index (χ4n) is 6.33. The van der Waals surface area contributed by atoms with Crippen LogP contribution in [0, 0.1) is 42.0 Å². The van der Waals surface area contributed by atoms with Crippen LogP contribution < -0.4 is 29.6 Å². The summed E-state index contributed by atoms with van der Waals surface area (Å²) in [7, 11) is -6.17. The summed E-state index contributed by atoms with van der Waals surface area (Å²) in [5.41, 5.74) is -2.60. The van der Waals surface area contributed by atoms with E-state index in [0.717, 1.165) is 26.4 Å². The molecule has 0 spiro atoms. The summed E-state index contributed by atoms with van der Waals surface area (Å²) in [5, 5.41) is 42.4. The predicted molar refractivity (Wildman–Crippen MR) is 235 cm³/mol. The summed E-state index contributed by atoms with van der Waals surface area (Å²) in [6, 6.07) is 9.32. The number of hydrogen-bond donors (Lipinski definition) is 8. The van der Waals surface area contributed by atoms with Crippen molar-refractivity contribution in [2.75, 3.05) is 47.5 Å². The maximum Gasteiger partial charge on any atom is 0.238 e. The van der Waals surface area contributed by atoms with Crippen LogP contribution in [0.5, 0.6) is 11.5 Å². The van der Waals surface area contributed by atoms with Gasteiger partial charge >= 0.3 is 0 Å². The number of halogens is 8. The lowest BCUT2D eigenvalue weighted by Crippen LogP contribution is -2.34. The van der Waals surface area contributed by atoms with Crippen LogP contribution in [0.4, 0.5) is 60.5 Å². The summed E-state index contributed by atoms with van der Waals surface area (Å²) in [6.45, 7) is -1.24. The minimum atomic E-state index is -4.23. The maximum atomic E-state index is 14.7. The van der Waals surface area contributed by atoms with Crippen molar-refractivity contribution in [2.24, 2.45) is 0 Å². The number of ether oxygens (including phenoxy) is 2. The highest BCUT2D eigenvalue weighted by Crippen LogP contribution is 2.51. The van der Waals surface area contributed by atoms with Crippen LogP contribution in [0.2, 0.25) is 0 Å². The zero-order valence-corrected chi connectivity index (χ0v) is 38.5. The minimum absolute atomic E-state index is 0.204. The van der Waals surface area contributed by atoms with E-state index in [2.05, 4.69) is 20.1 Å². The second-order valence-electron chi connectivity index (χ2n) is 14.4. The fraction of sp³-hybridized carbons (Fsp3) is 0.368. The van der Waals surface area contributed by atoms with Crippen molar-refractivity contribution in [3.63, 3.8) is 0 Å². The summed E-state index contributed by atoms with van der Waals surface area (Å²) in [6.07, 6.45) is -2.16. The summed E-state index contributed by atoms with van der Waals surface area (Å²) >= 11 is 3.75. The standard InChI is InChI=1S/2C19H20F3IN2O5S/c2*1-30-15-7-13(21)16(22)18(24-14-3-2-10(23)6-12(14)20)17(15)25-31(28,29)19(4-5-19)8-11(27)9-26/h2*2-3,6-7,11,24-27H,4-5,8-9H2,1H3/t2*11-/m00/s1. The second-order valence-corrected chi connectivity index (χ2v) is 21.1. The molecule has 0 aliphatic heterocycles. The quantitative estimate of drug-likeness (QED) is 0.0375. The molecule has 0 amide bonds. The van der Waals surface area contributed by atoms with Gasteiger partial charge in [0.05, 0.1) is 60.5 Å². The predicted octanol–water partition coefficient (Wildman–Crippen LogP) is 6.96. The van der Waals surface area contributed by atoms with Gasteiger partial charge in [0.25, 0.3) is 0 Å². The lowest BCUT2D eigenvalue weighted by molar-refractivity contribution is 0.0858. The first-order chi connectivity index (χ1) is 29.1. The Hall–Kier alpha value is -3.54. The Labute approximate surface area is 379 Å². The van der Waals surface area contributed by atoms with Gasteiger partial charge in [-0.05, 0) is 120 Å². The van der Waals surface area contributed by atoms with Gasteiger partial charge in [-0.2, -0.15) is 0 Å². The largest absolute Gasteiger partial charge is 0.494 e. The molecule has 14 nitrogen and oxygen atoms in total. The molecule has 0 radical (unpaired) electrons. The number of rotatable bonds is 18. The van der Waals surface area contributed by atoms with E-state index < -0.39 is 113 Å². The van der Waals surface area contributed by atoms with E-state index in [0.29, 0.717) is 19.3 Å². The highest BCUT2D eigenvalue weighted by atomic mass is 127. The topological polar surface area (TPSA) is 216 Å². The molecule has 0 heterocycles. The molecule has 4 aromatic rings. The minimum Gasteiger partial charge on any atom is -0.494 e. The van der Waals surface area contributed by atoms with Crippen molar-refractivity contribution in [3.8, 4) is 11.5 Å². The van der Waals surface area contributed by atoms with Gasteiger partial charge in [-0.1, -0.05) is 0 Å². The van der Waals surface area contributed by atoms with Gasteiger partial charge in [-0.25, -0.2) is 43.2 Å². The molecule has 2 aliphatic carbocycles. The Morgan fingerprint density at radius 1 is 0.597 bits per heavy atom. The monoisotopic (exact) mass is 1140 g/mol. The Morgan fingerprint density at radius 2 is 0.935 bits per heavy atom. The van der Waals surface area contributed by atoms with E-state index in [1.54, 1.807) is 0 Å². The van der Waals surface area contributed by atoms with Crippen LogP contribution in [0.15, 0.2) is 48.5 Å². The van der Waals surface area contributed by atoms with Crippen LogP contribution in [0.25, 0.3) is 0 Å². The highest BCUT2D eigenvalue weighted by molar-refractivity contribution is 14.1. The average molecular weight is 1140 g/mol. The number of benzene rings is 4. The third kappa shape index (κ3) is 10.9. The molecule has 6 rings (SSSR count). The fourth-order valence-corrected chi connectivity index (χ4v) is 10.7. The van der Waals surface area contributed by atoms with E-state index in [1.165, 1.54) is 24.3 Å². The molecule has 24 heteroatoms. The number of sulfonamides is 2.